The van der Waals surface area contributed by atoms with E-state index in [1.807, 2.05) is 11.3 Å². The molecule has 0 aliphatic heterocycles. The maximum atomic E-state index is 5.85. The second kappa shape index (κ2) is 5.87. The van der Waals surface area contributed by atoms with E-state index in [9.17, 15) is 0 Å². The molecule has 0 atom stereocenters. The molecule has 0 aliphatic carbocycles. The Hall–Kier alpha value is -1.29. The number of H-pyrrole nitrogens is 1. The van der Waals surface area contributed by atoms with E-state index in [4.69, 9.17) is 5.73 Å². The van der Waals surface area contributed by atoms with E-state index in [0.29, 0.717) is 5.82 Å². The summed E-state index contributed by atoms with van der Waals surface area (Å²) in [7, 11) is 0. The summed E-state index contributed by atoms with van der Waals surface area (Å²) in [5.74, 6) is 0.679. The average molecular weight is 249 g/mol. The monoisotopic (exact) mass is 249 g/mol. The Bertz CT molecular complexity index is 445. The number of anilines is 1. The Labute approximate surface area is 106 Å². The zero-order valence-corrected chi connectivity index (χ0v) is 11.0. The molecular formula is C13H19N3S. The lowest BCUT2D eigenvalue weighted by Gasteiger charge is -2.02. The first-order valence-corrected chi connectivity index (χ1v) is 7.03. The Morgan fingerprint density at radius 2 is 2.24 bits per heavy atom. The number of hydrogen-bond acceptors (Lipinski definition) is 3. The van der Waals surface area contributed by atoms with Gasteiger partial charge in [0.15, 0.2) is 0 Å². The molecule has 2 aromatic rings. The van der Waals surface area contributed by atoms with Crippen LogP contribution in [0.25, 0.3) is 0 Å². The van der Waals surface area contributed by atoms with Crippen molar-refractivity contribution in [3.63, 3.8) is 0 Å². The van der Waals surface area contributed by atoms with Crippen LogP contribution in [0.5, 0.6) is 0 Å². The predicted molar refractivity (Wildman–Crippen MR) is 73.3 cm³/mol. The van der Waals surface area contributed by atoms with E-state index in [1.165, 1.54) is 16.1 Å². The number of hydrogen-bond donors (Lipinski definition) is 2. The molecule has 0 spiro atoms. The summed E-state index contributed by atoms with van der Waals surface area (Å²) in [6.07, 6.45) is 5.47. The molecule has 0 radical (unpaired) electrons. The molecule has 3 N–H and O–H groups in total. The number of thiophene rings is 1. The van der Waals surface area contributed by atoms with Crippen LogP contribution in [0.15, 0.2) is 17.5 Å². The van der Waals surface area contributed by atoms with E-state index in [2.05, 4.69) is 34.6 Å². The number of nitrogens with one attached hydrogen (secondary N) is 1. The van der Waals surface area contributed by atoms with Crippen molar-refractivity contribution in [1.29, 1.82) is 0 Å². The van der Waals surface area contributed by atoms with Crippen molar-refractivity contribution in [1.82, 2.24) is 10.2 Å². The van der Waals surface area contributed by atoms with Crippen molar-refractivity contribution < 1.29 is 0 Å². The van der Waals surface area contributed by atoms with Crippen molar-refractivity contribution in [2.45, 2.75) is 39.0 Å². The molecule has 4 heteroatoms. The highest BCUT2D eigenvalue weighted by Crippen LogP contribution is 2.18. The summed E-state index contributed by atoms with van der Waals surface area (Å²) >= 11 is 1.83. The zero-order chi connectivity index (χ0) is 12.1. The average Bonchev–Trinajstić information content (AvgIpc) is 2.93. The van der Waals surface area contributed by atoms with Crippen molar-refractivity contribution in [3.8, 4) is 0 Å². The van der Waals surface area contributed by atoms with Gasteiger partial charge >= 0.3 is 0 Å². The number of aryl methyl sites for hydroxylation is 2. The smallest absolute Gasteiger partial charge is 0.148 e. The number of rotatable bonds is 6. The van der Waals surface area contributed by atoms with Gasteiger partial charge in [-0.3, -0.25) is 5.10 Å². The van der Waals surface area contributed by atoms with Crippen LogP contribution in [-0.4, -0.2) is 10.2 Å². The van der Waals surface area contributed by atoms with Crippen LogP contribution in [0.4, 0.5) is 5.82 Å². The van der Waals surface area contributed by atoms with Gasteiger partial charge in [0.1, 0.15) is 5.82 Å². The first-order chi connectivity index (χ1) is 8.31. The minimum absolute atomic E-state index is 0.679. The molecule has 0 amide bonds. The van der Waals surface area contributed by atoms with Gasteiger partial charge in [-0.1, -0.05) is 19.4 Å². The van der Waals surface area contributed by atoms with Crippen LogP contribution in [0.3, 0.4) is 0 Å². The Kier molecular flexibility index (Phi) is 4.20. The van der Waals surface area contributed by atoms with Crippen LogP contribution in [0.1, 0.15) is 35.9 Å². The quantitative estimate of drug-likeness (QED) is 0.826. The molecule has 0 unspecified atom stereocenters. The van der Waals surface area contributed by atoms with Gasteiger partial charge < -0.3 is 5.73 Å². The molecular weight excluding hydrogens is 230 g/mol. The molecule has 2 heterocycles. The van der Waals surface area contributed by atoms with E-state index in [0.717, 1.165) is 32.1 Å². The van der Waals surface area contributed by atoms with Gasteiger partial charge in [0.2, 0.25) is 0 Å². The largest absolute Gasteiger partial charge is 0.382 e. The first-order valence-electron chi connectivity index (χ1n) is 6.15. The molecule has 3 nitrogen and oxygen atoms in total. The van der Waals surface area contributed by atoms with Crippen molar-refractivity contribution in [2.75, 3.05) is 5.73 Å². The third kappa shape index (κ3) is 3.09. The molecule has 17 heavy (non-hydrogen) atoms. The Morgan fingerprint density at radius 1 is 1.35 bits per heavy atom. The number of aromatic amines is 1. The molecule has 92 valence electrons. The fraction of sp³-hybridized carbons (Fsp3) is 0.462. The lowest BCUT2D eigenvalue weighted by molar-refractivity contribution is 0.785. The van der Waals surface area contributed by atoms with Gasteiger partial charge in [0.25, 0.3) is 0 Å². The summed E-state index contributed by atoms with van der Waals surface area (Å²) < 4.78 is 0. The van der Waals surface area contributed by atoms with Crippen LogP contribution in [0, 0.1) is 0 Å². The predicted octanol–water partition coefficient (Wildman–Crippen LogP) is 3.18. The number of nitrogens with two attached hydrogens (primary N) is 1. The van der Waals surface area contributed by atoms with E-state index < -0.39 is 0 Å². The van der Waals surface area contributed by atoms with E-state index >= 15 is 0 Å². The van der Waals surface area contributed by atoms with E-state index in [-0.39, 0.29) is 0 Å². The molecule has 0 saturated carbocycles. The molecule has 2 aromatic heterocycles. The normalized spacial score (nSPS) is 10.9. The second-order valence-electron chi connectivity index (χ2n) is 4.25. The van der Waals surface area contributed by atoms with Gasteiger partial charge in [0.05, 0.1) is 0 Å². The third-order valence-corrected chi connectivity index (χ3v) is 3.85. The zero-order valence-electron chi connectivity index (χ0n) is 10.2. The number of nitrogens with zero attached hydrogens (tertiary/aromatic N) is 1. The lowest BCUT2D eigenvalue weighted by atomic mass is 10.1. The third-order valence-electron chi connectivity index (χ3n) is 2.91. The highest BCUT2D eigenvalue weighted by Gasteiger charge is 2.09. The lowest BCUT2D eigenvalue weighted by Crippen LogP contribution is -1.96. The molecule has 0 aliphatic rings. The van der Waals surface area contributed by atoms with Crippen LogP contribution >= 0.6 is 11.3 Å². The fourth-order valence-corrected chi connectivity index (χ4v) is 2.80. The summed E-state index contributed by atoms with van der Waals surface area (Å²) in [5, 5.41) is 9.30. The number of aromatic nitrogens is 2. The number of nitrogen functional groups attached to an aromatic ring is 1. The van der Waals surface area contributed by atoms with Gasteiger partial charge in [-0.25, -0.2) is 0 Å². The van der Waals surface area contributed by atoms with Crippen molar-refractivity contribution in [3.05, 3.63) is 33.6 Å². The SMILES string of the molecule is CCCc1c(N)n[nH]c1CCCc1cccs1. The minimum Gasteiger partial charge on any atom is -0.382 e. The van der Waals surface area contributed by atoms with Crippen LogP contribution < -0.4 is 5.73 Å². The van der Waals surface area contributed by atoms with Gasteiger partial charge in [0, 0.05) is 16.1 Å². The van der Waals surface area contributed by atoms with Crippen molar-refractivity contribution in [2.24, 2.45) is 0 Å². The van der Waals surface area contributed by atoms with Crippen LogP contribution in [0.2, 0.25) is 0 Å². The maximum Gasteiger partial charge on any atom is 0.148 e. The maximum absolute atomic E-state index is 5.85. The summed E-state index contributed by atoms with van der Waals surface area (Å²) in [6.45, 7) is 2.17. The van der Waals surface area contributed by atoms with Crippen LogP contribution in [-0.2, 0) is 19.3 Å². The highest BCUT2D eigenvalue weighted by molar-refractivity contribution is 7.09. The summed E-state index contributed by atoms with van der Waals surface area (Å²) in [5.41, 5.74) is 8.30. The molecule has 2 rings (SSSR count). The molecule has 0 bridgehead atoms. The van der Waals surface area contributed by atoms with Gasteiger partial charge in [-0.15, -0.1) is 11.3 Å². The second-order valence-corrected chi connectivity index (χ2v) is 5.28. The first kappa shape index (κ1) is 12.2. The fourth-order valence-electron chi connectivity index (χ4n) is 2.05. The Morgan fingerprint density at radius 3 is 2.94 bits per heavy atom. The minimum atomic E-state index is 0.679. The van der Waals surface area contributed by atoms with Gasteiger partial charge in [-0.2, -0.15) is 5.10 Å². The van der Waals surface area contributed by atoms with Crippen molar-refractivity contribution >= 4 is 17.2 Å². The topological polar surface area (TPSA) is 54.7 Å². The molecule has 0 aromatic carbocycles. The summed E-state index contributed by atoms with van der Waals surface area (Å²) in [6, 6.07) is 4.30. The Balaban J connectivity index is 1.90. The highest BCUT2D eigenvalue weighted by atomic mass is 32.1. The molecule has 0 saturated heterocycles. The molecule has 0 fully saturated rings. The standard InChI is InChI=1S/C13H19N3S/c1-2-5-11-12(15-16-13(11)14)8-3-6-10-7-4-9-17-10/h4,7,9H,2-3,5-6,8H2,1H3,(H3,14,15,16). The summed E-state index contributed by atoms with van der Waals surface area (Å²) in [4.78, 5) is 1.45. The van der Waals surface area contributed by atoms with Gasteiger partial charge in [-0.05, 0) is 37.1 Å². The van der Waals surface area contributed by atoms with E-state index in [1.54, 1.807) is 0 Å².